The van der Waals surface area contributed by atoms with E-state index in [0.717, 1.165) is 24.8 Å². The summed E-state index contributed by atoms with van der Waals surface area (Å²) in [5.74, 6) is 0.243. The Morgan fingerprint density at radius 3 is 2.50 bits per heavy atom. The molecule has 1 saturated carbocycles. The predicted molar refractivity (Wildman–Crippen MR) is 88.6 cm³/mol. The van der Waals surface area contributed by atoms with Crippen LogP contribution in [0.25, 0.3) is 0 Å². The Hall–Kier alpha value is -1.49. The highest BCUT2D eigenvalue weighted by Gasteiger charge is 2.31. The van der Waals surface area contributed by atoms with E-state index in [2.05, 4.69) is 18.6 Å². The molecule has 1 aromatic carbocycles. The minimum absolute atomic E-state index is 0.246. The molecule has 22 heavy (non-hydrogen) atoms. The molecule has 1 aliphatic carbocycles. The third-order valence-electron chi connectivity index (χ3n) is 4.65. The van der Waals surface area contributed by atoms with Gasteiger partial charge in [0, 0.05) is 11.8 Å². The minimum atomic E-state index is -3.42. The smallest absolute Gasteiger partial charge is 0.267 e. The van der Waals surface area contributed by atoms with Crippen LogP contribution in [0.2, 0.25) is 0 Å². The molecule has 2 atom stereocenters. The van der Waals surface area contributed by atoms with E-state index in [1.807, 2.05) is 6.92 Å². The Morgan fingerprint density at radius 1 is 1.36 bits per heavy atom. The summed E-state index contributed by atoms with van der Waals surface area (Å²) in [6.07, 6.45) is 4.93. The number of aliphatic imine (C=N–C) groups is 1. The monoisotopic (exact) mass is 321 g/mol. The predicted octanol–water partition coefficient (Wildman–Crippen LogP) is 3.40. The quantitative estimate of drug-likeness (QED) is 0.798. The molecule has 0 heterocycles. The fourth-order valence-corrected chi connectivity index (χ4v) is 4.97. The fourth-order valence-electron chi connectivity index (χ4n) is 3.62. The molecule has 0 radical (unpaired) electrons. The summed E-state index contributed by atoms with van der Waals surface area (Å²) in [4.78, 5) is 15.7. The zero-order valence-corrected chi connectivity index (χ0v) is 14.2. The third-order valence-corrected chi connectivity index (χ3v) is 5.87. The molecular weight excluding hydrogens is 298 g/mol. The summed E-state index contributed by atoms with van der Waals surface area (Å²) >= 11 is 0. The van der Waals surface area contributed by atoms with Gasteiger partial charge in [0.2, 0.25) is 0 Å². The van der Waals surface area contributed by atoms with E-state index < -0.39 is 15.7 Å². The van der Waals surface area contributed by atoms with Crippen LogP contribution in [0.15, 0.2) is 22.0 Å². The first-order valence-electron chi connectivity index (χ1n) is 7.68. The molecule has 0 aliphatic heterocycles. The van der Waals surface area contributed by atoms with Gasteiger partial charge in [-0.15, -0.1) is 0 Å². The molecule has 1 fully saturated rings. The van der Waals surface area contributed by atoms with Crippen LogP contribution >= 0.6 is 0 Å². The Kier molecular flexibility index (Phi) is 4.85. The second-order valence-corrected chi connectivity index (χ2v) is 8.07. The normalized spacial score (nSPS) is 21.8. The molecule has 2 unspecified atom stereocenters. The van der Waals surface area contributed by atoms with Crippen molar-refractivity contribution in [2.75, 3.05) is 6.26 Å². The third kappa shape index (κ3) is 3.00. The van der Waals surface area contributed by atoms with Gasteiger partial charge < -0.3 is 0 Å². The molecule has 0 spiro atoms. The van der Waals surface area contributed by atoms with Crippen LogP contribution in [0.5, 0.6) is 0 Å². The molecule has 1 amide bonds. The summed E-state index contributed by atoms with van der Waals surface area (Å²) in [7, 11) is -3.42. The first kappa shape index (κ1) is 16.9. The Labute approximate surface area is 132 Å². The van der Waals surface area contributed by atoms with Crippen LogP contribution < -0.4 is 0 Å². The Morgan fingerprint density at radius 2 is 2.05 bits per heavy atom. The van der Waals surface area contributed by atoms with Gasteiger partial charge in [-0.05, 0) is 48.6 Å². The van der Waals surface area contributed by atoms with Crippen LogP contribution in [0.4, 0.5) is 0 Å². The highest BCUT2D eigenvalue weighted by atomic mass is 32.2. The second-order valence-electron chi connectivity index (χ2n) is 6.11. The number of rotatable bonds is 4. The number of hydrogen-bond donors (Lipinski definition) is 0. The van der Waals surface area contributed by atoms with Gasteiger partial charge in [0.25, 0.3) is 5.91 Å². The van der Waals surface area contributed by atoms with Gasteiger partial charge in [-0.3, -0.25) is 4.79 Å². The van der Waals surface area contributed by atoms with Crippen molar-refractivity contribution >= 4 is 22.5 Å². The maximum absolute atomic E-state index is 12.4. The van der Waals surface area contributed by atoms with Crippen molar-refractivity contribution in [2.45, 2.75) is 50.3 Å². The number of sulfone groups is 1. The van der Waals surface area contributed by atoms with Crippen molar-refractivity contribution in [3.05, 3.63) is 28.8 Å². The molecule has 4 nitrogen and oxygen atoms in total. The second kappa shape index (κ2) is 6.32. The fraction of sp³-hybridized carbons (Fsp3) is 0.529. The van der Waals surface area contributed by atoms with Gasteiger partial charge in [0.15, 0.2) is 9.84 Å². The lowest BCUT2D eigenvalue weighted by molar-refractivity contribution is 0.100. The zero-order chi connectivity index (χ0) is 16.5. The van der Waals surface area contributed by atoms with Crippen molar-refractivity contribution in [1.82, 2.24) is 0 Å². The van der Waals surface area contributed by atoms with E-state index in [0.29, 0.717) is 28.4 Å². The summed E-state index contributed by atoms with van der Waals surface area (Å²) in [6, 6.07) is 3.52. The molecule has 0 saturated heterocycles. The van der Waals surface area contributed by atoms with Gasteiger partial charge in [-0.2, -0.15) is 0 Å². The van der Waals surface area contributed by atoms with Crippen molar-refractivity contribution < 1.29 is 13.2 Å². The average molecular weight is 321 g/mol. The number of amides is 1. The van der Waals surface area contributed by atoms with Crippen molar-refractivity contribution in [2.24, 2.45) is 10.9 Å². The first-order valence-corrected chi connectivity index (χ1v) is 9.57. The van der Waals surface area contributed by atoms with E-state index in [1.165, 1.54) is 6.26 Å². The van der Waals surface area contributed by atoms with Gasteiger partial charge in [-0.25, -0.2) is 13.4 Å². The van der Waals surface area contributed by atoms with Crippen molar-refractivity contribution in [3.63, 3.8) is 0 Å². The summed E-state index contributed by atoms with van der Waals surface area (Å²) in [5.41, 5.74) is 1.80. The van der Waals surface area contributed by atoms with Gasteiger partial charge in [0.05, 0.1) is 4.90 Å². The van der Waals surface area contributed by atoms with E-state index >= 15 is 0 Å². The summed E-state index contributed by atoms with van der Waals surface area (Å²) < 4.78 is 24.8. The molecule has 2 rings (SSSR count). The van der Waals surface area contributed by atoms with Crippen LogP contribution in [0.1, 0.15) is 60.5 Å². The molecule has 5 heteroatoms. The SMILES string of the molecule is C=NC(=O)c1ccc(C2CCCC2C)c(S(C)(=O)=O)c1CC. The number of benzene rings is 1. The molecule has 0 aromatic heterocycles. The molecule has 0 bridgehead atoms. The van der Waals surface area contributed by atoms with Crippen LogP contribution in [-0.4, -0.2) is 27.3 Å². The molecule has 1 aliphatic rings. The Balaban J connectivity index is 2.75. The molecule has 0 N–H and O–H groups in total. The van der Waals surface area contributed by atoms with Crippen LogP contribution in [0.3, 0.4) is 0 Å². The van der Waals surface area contributed by atoms with Crippen molar-refractivity contribution in [3.8, 4) is 0 Å². The van der Waals surface area contributed by atoms with Gasteiger partial charge >= 0.3 is 0 Å². The highest BCUT2D eigenvalue weighted by Crippen LogP contribution is 2.43. The highest BCUT2D eigenvalue weighted by molar-refractivity contribution is 7.90. The van der Waals surface area contributed by atoms with E-state index in [-0.39, 0.29) is 5.92 Å². The largest absolute Gasteiger partial charge is 0.276 e. The maximum atomic E-state index is 12.4. The summed E-state index contributed by atoms with van der Waals surface area (Å²) in [5, 5.41) is 0. The number of carbonyl (C=O) groups excluding carboxylic acids is 1. The first-order chi connectivity index (χ1) is 10.3. The average Bonchev–Trinajstić information content (AvgIpc) is 2.89. The molecular formula is C17H23NO3S. The summed E-state index contributed by atoms with van der Waals surface area (Å²) in [6.45, 7) is 7.30. The number of hydrogen-bond acceptors (Lipinski definition) is 3. The van der Waals surface area contributed by atoms with Crippen molar-refractivity contribution in [1.29, 1.82) is 0 Å². The van der Waals surface area contributed by atoms with Crippen LogP contribution in [-0.2, 0) is 16.3 Å². The van der Waals surface area contributed by atoms with E-state index in [9.17, 15) is 13.2 Å². The minimum Gasteiger partial charge on any atom is -0.267 e. The number of nitrogens with zero attached hydrogens (tertiary/aromatic N) is 1. The molecule has 1 aromatic rings. The lowest BCUT2D eigenvalue weighted by Crippen LogP contribution is -2.15. The zero-order valence-electron chi connectivity index (χ0n) is 13.4. The lowest BCUT2D eigenvalue weighted by atomic mass is 9.87. The lowest BCUT2D eigenvalue weighted by Gasteiger charge is -2.22. The van der Waals surface area contributed by atoms with Gasteiger partial charge in [-0.1, -0.05) is 32.8 Å². The number of carbonyl (C=O) groups is 1. The van der Waals surface area contributed by atoms with Crippen LogP contribution in [0, 0.1) is 5.92 Å². The Bertz CT molecular complexity index is 707. The standard InChI is InChI=1S/C17H23NO3S/c1-5-12-15(17(19)18-3)10-9-14(16(12)22(4,20)21)13-8-6-7-11(13)2/h9-11,13H,3,5-8H2,1-2,4H3. The molecule has 120 valence electrons. The van der Waals surface area contributed by atoms with Gasteiger partial charge in [0.1, 0.15) is 0 Å². The van der Waals surface area contributed by atoms with E-state index in [1.54, 1.807) is 12.1 Å². The maximum Gasteiger partial charge on any atom is 0.276 e. The topological polar surface area (TPSA) is 63.6 Å². The van der Waals surface area contributed by atoms with E-state index in [4.69, 9.17) is 0 Å².